The molecule has 0 aliphatic carbocycles. The van der Waals surface area contributed by atoms with Gasteiger partial charge in [-0.05, 0) is 12.1 Å². The van der Waals surface area contributed by atoms with Crippen LogP contribution >= 0.6 is 27.5 Å². The highest BCUT2D eigenvalue weighted by molar-refractivity contribution is 9.08. The van der Waals surface area contributed by atoms with Gasteiger partial charge in [0.25, 0.3) is 0 Å². The summed E-state index contributed by atoms with van der Waals surface area (Å²) in [7, 11) is 1.58. The van der Waals surface area contributed by atoms with Crippen molar-refractivity contribution in [1.29, 1.82) is 0 Å². The number of para-hydroxylation sites is 1. The van der Waals surface area contributed by atoms with E-state index in [4.69, 9.17) is 21.1 Å². The first-order chi connectivity index (χ1) is 9.67. The molecule has 0 saturated heterocycles. The first-order valence-corrected chi connectivity index (χ1v) is 7.44. The Bertz CT molecular complexity index is 582. The molecule has 0 aromatic heterocycles. The molecule has 0 radical (unpaired) electrons. The minimum Gasteiger partial charge on any atom is -0.493 e. The second kappa shape index (κ2) is 6.95. The highest BCUT2D eigenvalue weighted by atomic mass is 79.9. The molecule has 0 bridgehead atoms. The zero-order chi connectivity index (χ0) is 14.5. The molecule has 2 rings (SSSR count). The van der Waals surface area contributed by atoms with E-state index in [0.29, 0.717) is 22.4 Å². The molecule has 0 saturated carbocycles. The van der Waals surface area contributed by atoms with Crippen molar-refractivity contribution in [3.8, 4) is 11.5 Å². The molecule has 0 aliphatic heterocycles. The lowest BCUT2D eigenvalue weighted by Gasteiger charge is -2.14. The Morgan fingerprint density at radius 1 is 1.15 bits per heavy atom. The second-order valence-corrected chi connectivity index (χ2v) is 5.02. The minimum absolute atomic E-state index is 0.0859. The van der Waals surface area contributed by atoms with E-state index in [9.17, 15) is 4.39 Å². The molecule has 20 heavy (non-hydrogen) atoms. The van der Waals surface area contributed by atoms with Crippen molar-refractivity contribution in [2.24, 2.45) is 0 Å². The molecule has 0 amide bonds. The third-order valence-electron chi connectivity index (χ3n) is 2.83. The monoisotopic (exact) mass is 358 g/mol. The van der Waals surface area contributed by atoms with Crippen molar-refractivity contribution in [2.45, 2.75) is 11.9 Å². The van der Waals surface area contributed by atoms with Crippen LogP contribution in [-0.4, -0.2) is 7.11 Å². The molecule has 0 fully saturated rings. The van der Waals surface area contributed by atoms with Crippen LogP contribution in [0.15, 0.2) is 36.4 Å². The lowest BCUT2D eigenvalue weighted by atomic mass is 10.2. The van der Waals surface area contributed by atoms with E-state index in [0.717, 1.165) is 5.56 Å². The van der Waals surface area contributed by atoms with E-state index in [1.54, 1.807) is 19.2 Å². The SMILES string of the molecule is COc1cccc(CBr)c1OCc1cccc(F)c1Cl. The van der Waals surface area contributed by atoms with E-state index in [-0.39, 0.29) is 11.6 Å². The van der Waals surface area contributed by atoms with Gasteiger partial charge < -0.3 is 9.47 Å². The lowest BCUT2D eigenvalue weighted by Crippen LogP contribution is -2.01. The number of alkyl halides is 1. The summed E-state index contributed by atoms with van der Waals surface area (Å²) in [6, 6.07) is 10.3. The van der Waals surface area contributed by atoms with Gasteiger partial charge in [-0.3, -0.25) is 0 Å². The van der Waals surface area contributed by atoms with E-state index in [2.05, 4.69) is 15.9 Å². The largest absolute Gasteiger partial charge is 0.493 e. The fraction of sp³-hybridized carbons (Fsp3) is 0.200. The Kier molecular flexibility index (Phi) is 5.26. The third-order valence-corrected chi connectivity index (χ3v) is 3.86. The summed E-state index contributed by atoms with van der Waals surface area (Å²) in [6.45, 7) is 0.178. The van der Waals surface area contributed by atoms with E-state index in [1.807, 2.05) is 18.2 Å². The number of halogens is 3. The zero-order valence-corrected chi connectivity index (χ0v) is 13.2. The van der Waals surface area contributed by atoms with Crippen molar-refractivity contribution in [2.75, 3.05) is 7.11 Å². The van der Waals surface area contributed by atoms with Gasteiger partial charge in [-0.25, -0.2) is 4.39 Å². The quantitative estimate of drug-likeness (QED) is 0.702. The molecule has 0 N–H and O–H groups in total. The molecule has 0 atom stereocenters. The summed E-state index contributed by atoms with van der Waals surface area (Å²) >= 11 is 9.31. The van der Waals surface area contributed by atoms with Gasteiger partial charge in [0.15, 0.2) is 11.5 Å². The van der Waals surface area contributed by atoms with E-state index in [1.165, 1.54) is 6.07 Å². The Balaban J connectivity index is 2.24. The maximum atomic E-state index is 13.4. The highest BCUT2D eigenvalue weighted by Gasteiger charge is 2.12. The molecule has 2 aromatic carbocycles. The summed E-state index contributed by atoms with van der Waals surface area (Å²) in [5.74, 6) is 0.815. The summed E-state index contributed by atoms with van der Waals surface area (Å²) < 4.78 is 24.4. The smallest absolute Gasteiger partial charge is 0.165 e. The summed E-state index contributed by atoms with van der Waals surface area (Å²) in [6.07, 6.45) is 0. The number of rotatable bonds is 5. The molecule has 0 unspecified atom stereocenters. The Hall–Kier alpha value is -1.26. The number of hydrogen-bond acceptors (Lipinski definition) is 2. The maximum absolute atomic E-state index is 13.4. The molecule has 106 valence electrons. The fourth-order valence-electron chi connectivity index (χ4n) is 1.80. The van der Waals surface area contributed by atoms with Crippen LogP contribution in [0.1, 0.15) is 11.1 Å². The van der Waals surface area contributed by atoms with Crippen molar-refractivity contribution in [3.63, 3.8) is 0 Å². The van der Waals surface area contributed by atoms with Crippen LogP contribution < -0.4 is 9.47 Å². The number of ether oxygens (including phenoxy) is 2. The summed E-state index contributed by atoms with van der Waals surface area (Å²) in [4.78, 5) is 0. The Morgan fingerprint density at radius 2 is 1.85 bits per heavy atom. The molecule has 0 aliphatic rings. The average molecular weight is 360 g/mol. The lowest BCUT2D eigenvalue weighted by molar-refractivity contribution is 0.282. The van der Waals surface area contributed by atoms with Gasteiger partial charge in [0.1, 0.15) is 12.4 Å². The normalized spacial score (nSPS) is 10.4. The first kappa shape index (κ1) is 15.1. The van der Waals surface area contributed by atoms with Crippen LogP contribution in [0.2, 0.25) is 5.02 Å². The van der Waals surface area contributed by atoms with Gasteiger partial charge >= 0.3 is 0 Å². The van der Waals surface area contributed by atoms with Crippen molar-refractivity contribution < 1.29 is 13.9 Å². The maximum Gasteiger partial charge on any atom is 0.165 e. The molecule has 0 spiro atoms. The molecule has 0 heterocycles. The van der Waals surface area contributed by atoms with Gasteiger partial charge in [-0.2, -0.15) is 0 Å². The first-order valence-electron chi connectivity index (χ1n) is 5.95. The van der Waals surface area contributed by atoms with Crippen LogP contribution in [0.25, 0.3) is 0 Å². The van der Waals surface area contributed by atoms with Crippen LogP contribution in [0.5, 0.6) is 11.5 Å². The van der Waals surface area contributed by atoms with Crippen LogP contribution in [0, 0.1) is 5.82 Å². The fourth-order valence-corrected chi connectivity index (χ4v) is 2.42. The van der Waals surface area contributed by atoms with Gasteiger partial charge in [-0.15, -0.1) is 0 Å². The predicted octanol–water partition coefficient (Wildman–Crippen LogP) is 4.96. The van der Waals surface area contributed by atoms with Crippen LogP contribution in [0.3, 0.4) is 0 Å². The summed E-state index contributed by atoms with van der Waals surface area (Å²) in [5.41, 5.74) is 1.55. The van der Waals surface area contributed by atoms with Gasteiger partial charge in [0, 0.05) is 16.5 Å². The van der Waals surface area contributed by atoms with Crippen molar-refractivity contribution >= 4 is 27.5 Å². The number of benzene rings is 2. The predicted molar refractivity (Wildman–Crippen MR) is 81.4 cm³/mol. The van der Waals surface area contributed by atoms with Crippen LogP contribution in [-0.2, 0) is 11.9 Å². The average Bonchev–Trinajstić information content (AvgIpc) is 2.48. The van der Waals surface area contributed by atoms with Gasteiger partial charge in [0.2, 0.25) is 0 Å². The topological polar surface area (TPSA) is 18.5 Å². The Morgan fingerprint density at radius 3 is 2.55 bits per heavy atom. The standard InChI is InChI=1S/C15H13BrClFO2/c1-19-13-7-3-4-10(8-16)15(13)20-9-11-5-2-6-12(18)14(11)17/h2-7H,8-9H2,1H3. The zero-order valence-electron chi connectivity index (χ0n) is 10.8. The molecule has 2 aromatic rings. The van der Waals surface area contributed by atoms with E-state index < -0.39 is 5.82 Å². The van der Waals surface area contributed by atoms with Gasteiger partial charge in [0.05, 0.1) is 12.1 Å². The van der Waals surface area contributed by atoms with E-state index >= 15 is 0 Å². The highest BCUT2D eigenvalue weighted by Crippen LogP contribution is 2.33. The molecular weight excluding hydrogens is 347 g/mol. The van der Waals surface area contributed by atoms with Crippen LogP contribution in [0.4, 0.5) is 4.39 Å². The minimum atomic E-state index is -0.450. The van der Waals surface area contributed by atoms with Crippen molar-refractivity contribution in [1.82, 2.24) is 0 Å². The summed E-state index contributed by atoms with van der Waals surface area (Å²) in [5, 5.41) is 0.721. The molecule has 5 heteroatoms. The number of methoxy groups -OCH3 is 1. The molecular formula is C15H13BrClFO2. The van der Waals surface area contributed by atoms with Crippen molar-refractivity contribution in [3.05, 3.63) is 58.4 Å². The molecule has 2 nitrogen and oxygen atoms in total. The second-order valence-electron chi connectivity index (χ2n) is 4.08. The number of hydrogen-bond donors (Lipinski definition) is 0. The van der Waals surface area contributed by atoms with Gasteiger partial charge in [-0.1, -0.05) is 51.8 Å². The third kappa shape index (κ3) is 3.25. The Labute approximate surface area is 130 Å².